The predicted octanol–water partition coefficient (Wildman–Crippen LogP) is 4.03. The van der Waals surface area contributed by atoms with Crippen LogP contribution in [0, 0.1) is 0 Å². The zero-order valence-corrected chi connectivity index (χ0v) is 16.7. The van der Waals surface area contributed by atoms with Crippen molar-refractivity contribution in [2.24, 2.45) is 10.2 Å². The molecule has 0 radical (unpaired) electrons. The number of hydrogen-bond donors (Lipinski definition) is 1. The van der Waals surface area contributed by atoms with Crippen LogP contribution in [0.25, 0.3) is 0 Å². The fourth-order valence-electron chi connectivity index (χ4n) is 2.31. The molecule has 0 aliphatic carbocycles. The third kappa shape index (κ3) is 8.23. The Morgan fingerprint density at radius 2 is 1.41 bits per heavy atom. The van der Waals surface area contributed by atoms with Gasteiger partial charge in [-0.15, -0.1) is 0 Å². The number of azo groups is 1. The second-order valence-electron chi connectivity index (χ2n) is 6.82. The number of hydrogen-bond acceptors (Lipinski definition) is 7. The Bertz CT molecular complexity index is 806. The molecule has 0 heterocycles. The van der Waals surface area contributed by atoms with Crippen molar-refractivity contribution in [1.29, 1.82) is 0 Å². The molecule has 0 saturated heterocycles. The van der Waals surface area contributed by atoms with Gasteiger partial charge in [-0.3, -0.25) is 0 Å². The summed E-state index contributed by atoms with van der Waals surface area (Å²) in [5.74, 6) is -0.839. The largest absolute Gasteiger partial charge is 0.462 e. The van der Waals surface area contributed by atoms with Gasteiger partial charge in [0.05, 0.1) is 30.4 Å². The molecule has 154 valence electrons. The van der Waals surface area contributed by atoms with Crippen LogP contribution in [-0.2, 0) is 9.47 Å². The Morgan fingerprint density at radius 3 is 1.93 bits per heavy atom. The predicted molar refractivity (Wildman–Crippen MR) is 108 cm³/mol. The van der Waals surface area contributed by atoms with Gasteiger partial charge in [-0.1, -0.05) is 36.4 Å². The molecule has 0 amide bonds. The van der Waals surface area contributed by atoms with Gasteiger partial charge in [0, 0.05) is 12.8 Å². The van der Waals surface area contributed by atoms with Crippen LogP contribution in [-0.4, -0.2) is 42.0 Å². The number of ether oxygens (including phenoxy) is 2. The van der Waals surface area contributed by atoms with E-state index in [2.05, 4.69) is 10.2 Å². The average molecular weight is 398 g/mol. The molecule has 0 saturated carbocycles. The average Bonchev–Trinajstić information content (AvgIpc) is 2.73. The summed E-state index contributed by atoms with van der Waals surface area (Å²) in [5.41, 5.74) is -0.506. The molecule has 2 aromatic rings. The molecule has 0 spiro atoms. The molecule has 0 aliphatic rings. The number of carbonyl (C=O) groups excluding carboxylic acids is 2. The van der Waals surface area contributed by atoms with Crippen molar-refractivity contribution in [3.8, 4) is 0 Å². The SMILES string of the molecule is CC(CCOC(=O)c1ccccc1)/N=N/C(C)(O)CCOC(=O)c1ccccc1. The highest BCUT2D eigenvalue weighted by Crippen LogP contribution is 2.14. The molecule has 2 unspecified atom stereocenters. The lowest BCUT2D eigenvalue weighted by Gasteiger charge is -2.17. The molecule has 7 heteroatoms. The number of aliphatic hydroxyl groups is 1. The summed E-state index contributed by atoms with van der Waals surface area (Å²) in [4.78, 5) is 23.7. The van der Waals surface area contributed by atoms with E-state index in [4.69, 9.17) is 9.47 Å². The number of carbonyl (C=O) groups is 2. The molecule has 1 N–H and O–H groups in total. The number of rotatable bonds is 10. The van der Waals surface area contributed by atoms with E-state index in [1.54, 1.807) is 48.5 Å². The van der Waals surface area contributed by atoms with Gasteiger partial charge in [0.15, 0.2) is 5.72 Å². The van der Waals surface area contributed by atoms with Crippen LogP contribution in [0.4, 0.5) is 0 Å². The molecule has 0 aromatic heterocycles. The fourth-order valence-corrected chi connectivity index (χ4v) is 2.31. The molecule has 0 fully saturated rings. The van der Waals surface area contributed by atoms with Crippen LogP contribution in [0.2, 0.25) is 0 Å². The maximum absolute atomic E-state index is 11.9. The van der Waals surface area contributed by atoms with Gasteiger partial charge >= 0.3 is 11.9 Å². The molecular formula is C22H26N2O5. The smallest absolute Gasteiger partial charge is 0.338 e. The third-order valence-electron chi connectivity index (χ3n) is 4.07. The van der Waals surface area contributed by atoms with E-state index in [0.717, 1.165) is 0 Å². The number of nitrogens with zero attached hydrogens (tertiary/aromatic N) is 2. The van der Waals surface area contributed by atoms with Gasteiger partial charge in [0.25, 0.3) is 0 Å². The summed E-state index contributed by atoms with van der Waals surface area (Å²) in [7, 11) is 0. The van der Waals surface area contributed by atoms with Crippen molar-refractivity contribution in [2.45, 2.75) is 38.5 Å². The van der Waals surface area contributed by atoms with Crippen molar-refractivity contribution < 1.29 is 24.2 Å². The summed E-state index contributed by atoms with van der Waals surface area (Å²) < 4.78 is 10.3. The lowest BCUT2D eigenvalue weighted by Crippen LogP contribution is -2.24. The first-order valence-corrected chi connectivity index (χ1v) is 9.46. The summed E-state index contributed by atoms with van der Waals surface area (Å²) in [5, 5.41) is 18.3. The molecular weight excluding hydrogens is 372 g/mol. The second-order valence-corrected chi connectivity index (χ2v) is 6.82. The first-order chi connectivity index (χ1) is 13.9. The summed E-state index contributed by atoms with van der Waals surface area (Å²) in [6.07, 6.45) is 0.589. The highest BCUT2D eigenvalue weighted by atomic mass is 16.5. The summed E-state index contributed by atoms with van der Waals surface area (Å²) >= 11 is 0. The number of benzene rings is 2. The van der Waals surface area contributed by atoms with Crippen molar-refractivity contribution in [3.63, 3.8) is 0 Å². The quantitative estimate of drug-likeness (QED) is 0.481. The number of esters is 2. The summed E-state index contributed by atoms with van der Waals surface area (Å²) in [6, 6.07) is 17.1. The first-order valence-electron chi connectivity index (χ1n) is 9.46. The Kier molecular flexibility index (Phi) is 8.48. The summed E-state index contributed by atoms with van der Waals surface area (Å²) in [6.45, 7) is 3.52. The fraction of sp³-hybridized carbons (Fsp3) is 0.364. The molecule has 2 atom stereocenters. The van der Waals surface area contributed by atoms with Gasteiger partial charge in [-0.05, 0) is 38.1 Å². The minimum Gasteiger partial charge on any atom is -0.462 e. The Hall–Kier alpha value is -3.06. The molecule has 29 heavy (non-hydrogen) atoms. The van der Waals surface area contributed by atoms with E-state index in [9.17, 15) is 14.7 Å². The minimum atomic E-state index is -1.45. The van der Waals surface area contributed by atoms with E-state index < -0.39 is 11.7 Å². The third-order valence-corrected chi connectivity index (χ3v) is 4.07. The topological polar surface area (TPSA) is 97.6 Å². The molecule has 2 rings (SSSR count). The molecule has 2 aromatic carbocycles. The van der Waals surface area contributed by atoms with Crippen molar-refractivity contribution in [2.75, 3.05) is 13.2 Å². The van der Waals surface area contributed by atoms with Gasteiger partial charge in [-0.2, -0.15) is 10.2 Å². The first kappa shape index (κ1) is 22.2. The highest BCUT2D eigenvalue weighted by molar-refractivity contribution is 5.89. The van der Waals surface area contributed by atoms with Crippen molar-refractivity contribution >= 4 is 11.9 Å². The zero-order valence-electron chi connectivity index (χ0n) is 16.7. The van der Waals surface area contributed by atoms with Gasteiger partial charge in [0.2, 0.25) is 0 Å². The Labute approximate surface area is 170 Å². The van der Waals surface area contributed by atoms with Crippen LogP contribution in [0.15, 0.2) is 70.9 Å². The van der Waals surface area contributed by atoms with Gasteiger partial charge in [-0.25, -0.2) is 9.59 Å². The lowest BCUT2D eigenvalue weighted by atomic mass is 10.2. The molecule has 0 aliphatic heterocycles. The van der Waals surface area contributed by atoms with E-state index in [0.29, 0.717) is 17.5 Å². The molecule has 0 bridgehead atoms. The molecule has 7 nitrogen and oxygen atoms in total. The highest BCUT2D eigenvalue weighted by Gasteiger charge is 2.21. The van der Waals surface area contributed by atoms with Crippen LogP contribution in [0.5, 0.6) is 0 Å². The van der Waals surface area contributed by atoms with Crippen LogP contribution < -0.4 is 0 Å². The van der Waals surface area contributed by atoms with Crippen molar-refractivity contribution in [1.82, 2.24) is 0 Å². The van der Waals surface area contributed by atoms with E-state index in [-0.39, 0.29) is 31.6 Å². The monoisotopic (exact) mass is 398 g/mol. The minimum absolute atomic E-state index is 0.0167. The maximum atomic E-state index is 11.9. The zero-order chi connectivity index (χ0) is 21.1. The lowest BCUT2D eigenvalue weighted by molar-refractivity contribution is 0.0147. The van der Waals surface area contributed by atoms with Gasteiger partial charge < -0.3 is 14.6 Å². The van der Waals surface area contributed by atoms with E-state index >= 15 is 0 Å². The van der Waals surface area contributed by atoms with Crippen LogP contribution in [0.3, 0.4) is 0 Å². The Balaban J connectivity index is 1.68. The van der Waals surface area contributed by atoms with Crippen LogP contribution >= 0.6 is 0 Å². The van der Waals surface area contributed by atoms with E-state index in [1.807, 2.05) is 19.1 Å². The van der Waals surface area contributed by atoms with E-state index in [1.165, 1.54) is 6.92 Å². The Morgan fingerprint density at radius 1 is 0.931 bits per heavy atom. The second kappa shape index (κ2) is 11.1. The normalized spacial score (nSPS) is 14.2. The van der Waals surface area contributed by atoms with Gasteiger partial charge in [0.1, 0.15) is 0 Å². The maximum Gasteiger partial charge on any atom is 0.338 e. The standard InChI is InChI=1S/C22H26N2O5/c1-17(13-15-28-20(25)18-9-5-3-6-10-18)23-24-22(2,27)14-16-29-21(26)19-11-7-4-8-12-19/h3-12,17,27H,13-16H2,1-2H3/b24-23+. The van der Waals surface area contributed by atoms with Crippen LogP contribution in [0.1, 0.15) is 47.4 Å². The van der Waals surface area contributed by atoms with Crippen molar-refractivity contribution in [3.05, 3.63) is 71.8 Å².